The van der Waals surface area contributed by atoms with Crippen LogP contribution in [-0.2, 0) is 0 Å². The van der Waals surface area contributed by atoms with E-state index in [0.717, 1.165) is 24.2 Å². The molecule has 3 heteroatoms. The topological polar surface area (TPSA) is 39.1 Å². The van der Waals surface area contributed by atoms with Crippen LogP contribution in [0.25, 0.3) is 0 Å². The van der Waals surface area contributed by atoms with Crippen LogP contribution in [0, 0.1) is 18.3 Å². The number of nitrogens with zero attached hydrogens (tertiary/aromatic N) is 2. The van der Waals surface area contributed by atoms with Crippen molar-refractivity contribution in [1.29, 1.82) is 5.26 Å². The molecule has 0 radical (unpaired) electrons. The van der Waals surface area contributed by atoms with Gasteiger partial charge in [0, 0.05) is 24.7 Å². The van der Waals surface area contributed by atoms with Crippen LogP contribution in [0.1, 0.15) is 50.2 Å². The highest BCUT2D eigenvalue weighted by Gasteiger charge is 2.36. The maximum Gasteiger partial charge on any atom is 0.101 e. The zero-order valence-corrected chi connectivity index (χ0v) is 13.1. The van der Waals surface area contributed by atoms with Gasteiger partial charge in [-0.2, -0.15) is 5.26 Å². The normalized spacial score (nSPS) is 27.4. The van der Waals surface area contributed by atoms with E-state index < -0.39 is 0 Å². The van der Waals surface area contributed by atoms with Crippen LogP contribution in [0.5, 0.6) is 0 Å². The summed E-state index contributed by atoms with van der Waals surface area (Å²) < 4.78 is 0. The zero-order chi connectivity index (χ0) is 14.8. The minimum absolute atomic E-state index is 0.581. The van der Waals surface area contributed by atoms with Crippen molar-refractivity contribution < 1.29 is 0 Å². The number of aryl methyl sites for hydroxylation is 1. The molecule has 0 spiro atoms. The molecule has 3 nitrogen and oxygen atoms in total. The Morgan fingerprint density at radius 2 is 2.00 bits per heavy atom. The molecule has 2 unspecified atom stereocenters. The van der Waals surface area contributed by atoms with Gasteiger partial charge in [-0.3, -0.25) is 0 Å². The van der Waals surface area contributed by atoms with E-state index in [2.05, 4.69) is 36.2 Å². The third-order valence-corrected chi connectivity index (χ3v) is 4.94. The van der Waals surface area contributed by atoms with Crippen molar-refractivity contribution in [2.75, 3.05) is 11.4 Å². The average molecular weight is 283 g/mol. The Morgan fingerprint density at radius 3 is 2.62 bits per heavy atom. The van der Waals surface area contributed by atoms with E-state index in [1.54, 1.807) is 0 Å². The van der Waals surface area contributed by atoms with E-state index in [4.69, 9.17) is 0 Å². The first kappa shape index (κ1) is 14.4. The number of nitrogens with one attached hydrogen (secondary N) is 1. The Morgan fingerprint density at radius 1 is 1.29 bits per heavy atom. The lowest BCUT2D eigenvalue weighted by molar-refractivity contribution is 0.346. The number of hydrogen-bond donors (Lipinski definition) is 1. The van der Waals surface area contributed by atoms with Crippen LogP contribution in [0.15, 0.2) is 18.2 Å². The van der Waals surface area contributed by atoms with Crippen molar-refractivity contribution in [1.82, 2.24) is 5.32 Å². The number of benzene rings is 1. The molecule has 2 fully saturated rings. The van der Waals surface area contributed by atoms with Crippen LogP contribution < -0.4 is 10.2 Å². The lowest BCUT2D eigenvalue weighted by Gasteiger charge is -2.39. The van der Waals surface area contributed by atoms with Crippen molar-refractivity contribution in [2.24, 2.45) is 0 Å². The highest BCUT2D eigenvalue weighted by atomic mass is 15.2. The molecule has 112 valence electrons. The van der Waals surface area contributed by atoms with Crippen LogP contribution in [-0.4, -0.2) is 24.7 Å². The minimum atomic E-state index is 0.581. The van der Waals surface area contributed by atoms with Crippen LogP contribution >= 0.6 is 0 Å². The summed E-state index contributed by atoms with van der Waals surface area (Å²) in [5.74, 6) is 0. The third-order valence-electron chi connectivity index (χ3n) is 4.94. The van der Waals surface area contributed by atoms with Gasteiger partial charge >= 0.3 is 0 Å². The summed E-state index contributed by atoms with van der Waals surface area (Å²) in [6, 6.07) is 10.5. The summed E-state index contributed by atoms with van der Waals surface area (Å²) in [6.45, 7) is 5.38. The summed E-state index contributed by atoms with van der Waals surface area (Å²) in [6.07, 6.45) is 6.20. The van der Waals surface area contributed by atoms with Crippen molar-refractivity contribution in [2.45, 2.75) is 64.1 Å². The highest BCUT2D eigenvalue weighted by molar-refractivity contribution is 5.61. The van der Waals surface area contributed by atoms with Crippen molar-refractivity contribution >= 4 is 5.69 Å². The fourth-order valence-corrected chi connectivity index (χ4v) is 4.00. The molecule has 1 aromatic rings. The van der Waals surface area contributed by atoms with Gasteiger partial charge in [-0.25, -0.2) is 0 Å². The zero-order valence-electron chi connectivity index (χ0n) is 13.1. The molecule has 0 saturated carbocycles. The lowest BCUT2D eigenvalue weighted by atomic mass is 9.96. The smallest absolute Gasteiger partial charge is 0.101 e. The second kappa shape index (κ2) is 6.07. The van der Waals surface area contributed by atoms with Crippen LogP contribution in [0.2, 0.25) is 0 Å². The minimum Gasteiger partial charge on any atom is -0.367 e. The molecule has 2 heterocycles. The van der Waals surface area contributed by atoms with Crippen molar-refractivity contribution in [3.05, 3.63) is 29.3 Å². The molecule has 1 aromatic carbocycles. The van der Waals surface area contributed by atoms with Gasteiger partial charge in [0.1, 0.15) is 6.07 Å². The first-order chi connectivity index (χ1) is 10.2. The van der Waals surface area contributed by atoms with E-state index >= 15 is 0 Å². The predicted octanol–water partition coefficient (Wildman–Crippen LogP) is 3.37. The van der Waals surface area contributed by atoms with Gasteiger partial charge in [0.05, 0.1) is 11.3 Å². The van der Waals surface area contributed by atoms with Gasteiger partial charge in [0.25, 0.3) is 0 Å². The fourth-order valence-electron chi connectivity index (χ4n) is 4.00. The predicted molar refractivity (Wildman–Crippen MR) is 86.5 cm³/mol. The molecule has 2 aliphatic heterocycles. The van der Waals surface area contributed by atoms with Crippen molar-refractivity contribution in [3.63, 3.8) is 0 Å². The number of piperidine rings is 1. The molecular formula is C18H25N3. The number of rotatable bonds is 4. The largest absolute Gasteiger partial charge is 0.367 e. The summed E-state index contributed by atoms with van der Waals surface area (Å²) in [5, 5.41) is 13.2. The van der Waals surface area contributed by atoms with Gasteiger partial charge in [0.15, 0.2) is 0 Å². The second-order valence-electron chi connectivity index (χ2n) is 6.59. The molecule has 0 aliphatic carbocycles. The van der Waals surface area contributed by atoms with Gasteiger partial charge in [-0.15, -0.1) is 0 Å². The first-order valence-electron chi connectivity index (χ1n) is 8.24. The maximum atomic E-state index is 9.45. The summed E-state index contributed by atoms with van der Waals surface area (Å²) >= 11 is 0. The fraction of sp³-hybridized carbons (Fsp3) is 0.611. The van der Waals surface area contributed by atoms with Crippen molar-refractivity contribution in [3.8, 4) is 6.07 Å². The summed E-state index contributed by atoms with van der Waals surface area (Å²) in [4.78, 5) is 2.51. The number of fused-ring (bicyclic) bond motifs is 2. The van der Waals surface area contributed by atoms with E-state index in [1.807, 2.05) is 12.1 Å². The Balaban J connectivity index is 1.91. The van der Waals surface area contributed by atoms with E-state index in [1.165, 1.54) is 31.2 Å². The monoisotopic (exact) mass is 283 g/mol. The molecule has 2 aliphatic rings. The van der Waals surface area contributed by atoms with Gasteiger partial charge in [-0.05, 0) is 56.7 Å². The Hall–Kier alpha value is -1.53. The van der Waals surface area contributed by atoms with Gasteiger partial charge in [0.2, 0.25) is 0 Å². The molecule has 3 rings (SSSR count). The van der Waals surface area contributed by atoms with Crippen LogP contribution in [0.4, 0.5) is 5.69 Å². The number of nitriles is 1. The van der Waals surface area contributed by atoms with Crippen LogP contribution in [0.3, 0.4) is 0 Å². The molecule has 2 saturated heterocycles. The van der Waals surface area contributed by atoms with Gasteiger partial charge in [-0.1, -0.05) is 13.0 Å². The second-order valence-corrected chi connectivity index (χ2v) is 6.59. The van der Waals surface area contributed by atoms with E-state index in [-0.39, 0.29) is 0 Å². The average Bonchev–Trinajstić information content (AvgIpc) is 2.83. The molecular weight excluding hydrogens is 258 g/mol. The Kier molecular flexibility index (Phi) is 4.17. The molecule has 0 aromatic heterocycles. The molecule has 1 N–H and O–H groups in total. The molecule has 0 amide bonds. The quantitative estimate of drug-likeness (QED) is 0.921. The SMILES string of the molecule is CCCN(c1cc(C)ccc1C#N)C1CC2CCC(C1)N2. The summed E-state index contributed by atoms with van der Waals surface area (Å²) in [5.41, 5.74) is 3.20. The molecule has 2 atom stereocenters. The number of hydrogen-bond acceptors (Lipinski definition) is 3. The summed E-state index contributed by atoms with van der Waals surface area (Å²) in [7, 11) is 0. The van der Waals surface area contributed by atoms with E-state index in [0.29, 0.717) is 18.1 Å². The first-order valence-corrected chi connectivity index (χ1v) is 8.24. The number of anilines is 1. The Bertz CT molecular complexity index is 534. The molecule has 21 heavy (non-hydrogen) atoms. The Labute approximate surface area is 128 Å². The van der Waals surface area contributed by atoms with E-state index in [9.17, 15) is 5.26 Å². The third kappa shape index (κ3) is 2.91. The lowest BCUT2D eigenvalue weighted by Crippen LogP contribution is -2.48. The van der Waals surface area contributed by atoms with Gasteiger partial charge < -0.3 is 10.2 Å². The maximum absolute atomic E-state index is 9.45. The highest BCUT2D eigenvalue weighted by Crippen LogP contribution is 2.34. The molecule has 2 bridgehead atoms. The standard InChI is InChI=1S/C18H25N3/c1-3-8-21(17-10-15-6-7-16(11-17)20-15)18-9-13(2)4-5-14(18)12-19/h4-5,9,15-17,20H,3,6-8,10-11H2,1-2H3.